The quantitative estimate of drug-likeness (QED) is 0.836. The topological polar surface area (TPSA) is 43.1 Å². The van der Waals surface area contributed by atoms with Crippen LogP contribution in [0.5, 0.6) is 0 Å². The smallest absolute Gasteiger partial charge is 0.202 e. The average molecular weight is 259 g/mol. The van der Waals surface area contributed by atoms with Crippen LogP contribution in [0.4, 0.5) is 0 Å². The summed E-state index contributed by atoms with van der Waals surface area (Å²) in [5.74, 6) is 0.532. The van der Waals surface area contributed by atoms with Crippen molar-refractivity contribution >= 4 is 17.1 Å². The van der Waals surface area contributed by atoms with E-state index in [9.17, 15) is 4.79 Å². The highest BCUT2D eigenvalue weighted by Gasteiger charge is 2.14. The Hall–Kier alpha value is -1.45. The van der Waals surface area contributed by atoms with Crippen molar-refractivity contribution in [2.75, 3.05) is 6.54 Å². The summed E-state index contributed by atoms with van der Waals surface area (Å²) in [5.41, 5.74) is 6.31. The van der Waals surface area contributed by atoms with Gasteiger partial charge in [0, 0.05) is 10.4 Å². The molecule has 0 saturated carbocycles. The van der Waals surface area contributed by atoms with E-state index in [4.69, 9.17) is 5.73 Å². The van der Waals surface area contributed by atoms with Gasteiger partial charge in [-0.15, -0.1) is 11.3 Å². The lowest BCUT2D eigenvalue weighted by atomic mass is 10.1. The van der Waals surface area contributed by atoms with Crippen molar-refractivity contribution in [1.29, 1.82) is 0 Å². The third-order valence-electron chi connectivity index (χ3n) is 2.97. The SMILES string of the molecule is CC(CCN)c1ccc(C(=O)c2ccccc2)s1. The molecule has 3 heteroatoms. The fourth-order valence-electron chi connectivity index (χ4n) is 1.86. The Morgan fingerprint density at radius 1 is 1.22 bits per heavy atom. The van der Waals surface area contributed by atoms with E-state index < -0.39 is 0 Å². The highest BCUT2D eigenvalue weighted by atomic mass is 32.1. The minimum atomic E-state index is 0.104. The third kappa shape index (κ3) is 2.86. The Bertz CT molecular complexity index is 518. The van der Waals surface area contributed by atoms with Gasteiger partial charge in [-0.05, 0) is 31.0 Å². The highest BCUT2D eigenvalue weighted by Crippen LogP contribution is 2.28. The zero-order valence-corrected chi connectivity index (χ0v) is 11.2. The number of carbonyl (C=O) groups is 1. The molecule has 0 aliphatic carbocycles. The molecule has 0 radical (unpaired) electrons. The number of rotatable bonds is 5. The summed E-state index contributed by atoms with van der Waals surface area (Å²) in [6.07, 6.45) is 0.958. The van der Waals surface area contributed by atoms with Gasteiger partial charge in [0.1, 0.15) is 0 Å². The maximum Gasteiger partial charge on any atom is 0.202 e. The van der Waals surface area contributed by atoms with Crippen molar-refractivity contribution < 1.29 is 4.79 Å². The van der Waals surface area contributed by atoms with E-state index >= 15 is 0 Å². The van der Waals surface area contributed by atoms with Crippen LogP contribution in [0.2, 0.25) is 0 Å². The van der Waals surface area contributed by atoms with Crippen LogP contribution in [0.15, 0.2) is 42.5 Å². The molecular formula is C15H17NOS. The lowest BCUT2D eigenvalue weighted by Gasteiger charge is -2.05. The Kier molecular flexibility index (Phi) is 4.28. The summed E-state index contributed by atoms with van der Waals surface area (Å²) in [4.78, 5) is 14.3. The predicted molar refractivity (Wildman–Crippen MR) is 76.3 cm³/mol. The predicted octanol–water partition coefficient (Wildman–Crippen LogP) is 3.43. The normalized spacial score (nSPS) is 12.3. The van der Waals surface area contributed by atoms with Gasteiger partial charge in [0.15, 0.2) is 0 Å². The maximum atomic E-state index is 12.2. The number of thiophene rings is 1. The summed E-state index contributed by atoms with van der Waals surface area (Å²) in [6, 6.07) is 13.4. The highest BCUT2D eigenvalue weighted by molar-refractivity contribution is 7.14. The van der Waals surface area contributed by atoms with Crippen molar-refractivity contribution in [2.24, 2.45) is 5.73 Å². The summed E-state index contributed by atoms with van der Waals surface area (Å²) >= 11 is 1.58. The van der Waals surface area contributed by atoms with Crippen LogP contribution in [-0.2, 0) is 0 Å². The van der Waals surface area contributed by atoms with Gasteiger partial charge < -0.3 is 5.73 Å². The number of carbonyl (C=O) groups excluding carboxylic acids is 1. The van der Waals surface area contributed by atoms with Gasteiger partial charge in [0.05, 0.1) is 4.88 Å². The van der Waals surface area contributed by atoms with Crippen LogP contribution in [0.3, 0.4) is 0 Å². The van der Waals surface area contributed by atoms with E-state index in [1.165, 1.54) is 4.88 Å². The van der Waals surface area contributed by atoms with E-state index in [0.717, 1.165) is 16.9 Å². The van der Waals surface area contributed by atoms with Gasteiger partial charge in [-0.3, -0.25) is 4.79 Å². The molecule has 94 valence electrons. The van der Waals surface area contributed by atoms with Gasteiger partial charge in [0.2, 0.25) is 5.78 Å². The second-order valence-corrected chi connectivity index (χ2v) is 5.49. The molecule has 0 fully saturated rings. The number of nitrogens with two attached hydrogens (primary N) is 1. The standard InChI is InChI=1S/C15H17NOS/c1-11(9-10-16)13-7-8-14(18-13)15(17)12-5-3-2-4-6-12/h2-8,11H,9-10,16H2,1H3. The molecular weight excluding hydrogens is 242 g/mol. The Morgan fingerprint density at radius 3 is 2.61 bits per heavy atom. The second-order valence-electron chi connectivity index (χ2n) is 4.38. The fraction of sp³-hybridized carbons (Fsp3) is 0.267. The molecule has 2 aromatic rings. The largest absolute Gasteiger partial charge is 0.330 e. The van der Waals surface area contributed by atoms with E-state index in [1.807, 2.05) is 42.5 Å². The Labute approximate surface area is 111 Å². The molecule has 0 amide bonds. The van der Waals surface area contributed by atoms with Gasteiger partial charge in [-0.1, -0.05) is 37.3 Å². The van der Waals surface area contributed by atoms with Crippen LogP contribution in [0, 0.1) is 0 Å². The first kappa shape index (κ1) is 13.0. The Morgan fingerprint density at radius 2 is 1.94 bits per heavy atom. The molecule has 18 heavy (non-hydrogen) atoms. The summed E-state index contributed by atoms with van der Waals surface area (Å²) in [7, 11) is 0. The molecule has 0 aliphatic heterocycles. The van der Waals surface area contributed by atoms with Gasteiger partial charge in [0.25, 0.3) is 0 Å². The number of hydrogen-bond acceptors (Lipinski definition) is 3. The van der Waals surface area contributed by atoms with Gasteiger partial charge in [-0.25, -0.2) is 0 Å². The molecule has 2 nitrogen and oxygen atoms in total. The molecule has 0 spiro atoms. The molecule has 1 heterocycles. The number of ketones is 1. The van der Waals surface area contributed by atoms with Gasteiger partial charge >= 0.3 is 0 Å². The number of benzene rings is 1. The summed E-state index contributed by atoms with van der Waals surface area (Å²) in [6.45, 7) is 2.83. The van der Waals surface area contributed by atoms with E-state index in [1.54, 1.807) is 11.3 Å². The molecule has 0 aliphatic rings. The first-order valence-electron chi connectivity index (χ1n) is 6.12. The van der Waals surface area contributed by atoms with Crippen molar-refractivity contribution in [3.8, 4) is 0 Å². The minimum absolute atomic E-state index is 0.104. The zero-order chi connectivity index (χ0) is 13.0. The molecule has 1 unspecified atom stereocenters. The van der Waals surface area contributed by atoms with Crippen LogP contribution in [-0.4, -0.2) is 12.3 Å². The average Bonchev–Trinajstić information content (AvgIpc) is 2.89. The molecule has 1 atom stereocenters. The van der Waals surface area contributed by atoms with E-state index in [2.05, 4.69) is 6.92 Å². The molecule has 1 aromatic heterocycles. The molecule has 0 bridgehead atoms. The molecule has 0 saturated heterocycles. The second kappa shape index (κ2) is 5.94. The summed E-state index contributed by atoms with van der Waals surface area (Å²) in [5, 5.41) is 0. The fourth-order valence-corrected chi connectivity index (χ4v) is 2.92. The van der Waals surface area contributed by atoms with Crippen LogP contribution in [0.25, 0.3) is 0 Å². The van der Waals surface area contributed by atoms with Crippen molar-refractivity contribution in [1.82, 2.24) is 0 Å². The third-order valence-corrected chi connectivity index (χ3v) is 4.29. The molecule has 2 rings (SSSR count). The first-order chi connectivity index (χ1) is 8.72. The van der Waals surface area contributed by atoms with Crippen LogP contribution < -0.4 is 5.73 Å². The van der Waals surface area contributed by atoms with Crippen LogP contribution in [0.1, 0.15) is 39.4 Å². The molecule has 2 N–H and O–H groups in total. The van der Waals surface area contributed by atoms with Crippen molar-refractivity contribution in [2.45, 2.75) is 19.3 Å². The van der Waals surface area contributed by atoms with Crippen molar-refractivity contribution in [3.05, 3.63) is 57.8 Å². The monoisotopic (exact) mass is 259 g/mol. The van der Waals surface area contributed by atoms with Gasteiger partial charge in [-0.2, -0.15) is 0 Å². The Balaban J connectivity index is 2.18. The zero-order valence-electron chi connectivity index (χ0n) is 10.4. The first-order valence-corrected chi connectivity index (χ1v) is 6.93. The maximum absolute atomic E-state index is 12.2. The van der Waals surface area contributed by atoms with Crippen molar-refractivity contribution in [3.63, 3.8) is 0 Å². The summed E-state index contributed by atoms with van der Waals surface area (Å²) < 4.78 is 0. The molecule has 1 aromatic carbocycles. The minimum Gasteiger partial charge on any atom is -0.330 e. The lowest BCUT2D eigenvalue weighted by Crippen LogP contribution is -2.03. The van der Waals surface area contributed by atoms with Crippen LogP contribution >= 0.6 is 11.3 Å². The van der Waals surface area contributed by atoms with E-state index in [-0.39, 0.29) is 5.78 Å². The number of hydrogen-bond donors (Lipinski definition) is 1. The lowest BCUT2D eigenvalue weighted by molar-refractivity contribution is 0.104. The van der Waals surface area contributed by atoms with E-state index in [0.29, 0.717) is 12.5 Å².